The standard InChI is InChI=1S/C7H9NO2/c1-5-6(4-9)2-3-7(10)8-5/h2-3,9H,4H2,1H3,(H,8,10). The first-order chi connectivity index (χ1) is 4.74. The SMILES string of the molecule is Cc1[nH]c(=O)ccc1CO. The highest BCUT2D eigenvalue weighted by molar-refractivity contribution is 5.16. The molecule has 3 nitrogen and oxygen atoms in total. The normalized spacial score (nSPS) is 9.80. The van der Waals surface area contributed by atoms with E-state index in [2.05, 4.69) is 4.98 Å². The third-order valence-corrected chi connectivity index (χ3v) is 1.40. The second-order valence-corrected chi connectivity index (χ2v) is 2.13. The summed E-state index contributed by atoms with van der Waals surface area (Å²) in [5.74, 6) is 0. The minimum atomic E-state index is -0.130. The van der Waals surface area contributed by atoms with Gasteiger partial charge in [0.25, 0.3) is 0 Å². The number of rotatable bonds is 1. The fourth-order valence-corrected chi connectivity index (χ4v) is 0.779. The first kappa shape index (κ1) is 7.02. The van der Waals surface area contributed by atoms with Gasteiger partial charge in [0.1, 0.15) is 0 Å². The highest BCUT2D eigenvalue weighted by Gasteiger charge is 1.94. The molecule has 0 aliphatic heterocycles. The van der Waals surface area contributed by atoms with E-state index in [0.717, 1.165) is 11.3 Å². The Bertz CT molecular complexity index is 277. The zero-order valence-electron chi connectivity index (χ0n) is 5.72. The minimum Gasteiger partial charge on any atom is -0.392 e. The van der Waals surface area contributed by atoms with Crippen LogP contribution in [0, 0.1) is 6.92 Å². The number of aryl methyl sites for hydroxylation is 1. The molecule has 54 valence electrons. The molecule has 10 heavy (non-hydrogen) atoms. The molecule has 0 aromatic carbocycles. The van der Waals surface area contributed by atoms with Crippen LogP contribution < -0.4 is 5.56 Å². The first-order valence-electron chi connectivity index (χ1n) is 3.03. The van der Waals surface area contributed by atoms with Crippen LogP contribution in [0.25, 0.3) is 0 Å². The van der Waals surface area contributed by atoms with Crippen molar-refractivity contribution < 1.29 is 5.11 Å². The molecule has 3 heteroatoms. The first-order valence-corrected chi connectivity index (χ1v) is 3.03. The number of pyridine rings is 1. The smallest absolute Gasteiger partial charge is 0.248 e. The molecule has 0 aliphatic carbocycles. The van der Waals surface area contributed by atoms with Gasteiger partial charge in [0.2, 0.25) is 5.56 Å². The molecule has 0 radical (unpaired) electrons. The Kier molecular flexibility index (Phi) is 1.87. The lowest BCUT2D eigenvalue weighted by atomic mass is 10.2. The van der Waals surface area contributed by atoms with Gasteiger partial charge in [-0.25, -0.2) is 0 Å². The molecule has 0 atom stereocenters. The lowest BCUT2D eigenvalue weighted by Gasteiger charge is -1.98. The van der Waals surface area contributed by atoms with E-state index >= 15 is 0 Å². The van der Waals surface area contributed by atoms with Crippen molar-refractivity contribution in [2.24, 2.45) is 0 Å². The predicted octanol–water partition coefficient (Wildman–Crippen LogP) is 0.176. The van der Waals surface area contributed by atoms with Crippen LogP contribution in [0.3, 0.4) is 0 Å². The fraction of sp³-hybridized carbons (Fsp3) is 0.286. The molecule has 0 aliphatic rings. The summed E-state index contributed by atoms with van der Waals surface area (Å²) in [5, 5.41) is 8.69. The van der Waals surface area contributed by atoms with Gasteiger partial charge in [-0.1, -0.05) is 0 Å². The molecule has 0 spiro atoms. The van der Waals surface area contributed by atoms with Crippen molar-refractivity contribution >= 4 is 0 Å². The summed E-state index contributed by atoms with van der Waals surface area (Å²) in [6, 6.07) is 3.02. The lowest BCUT2D eigenvalue weighted by molar-refractivity contribution is 0.280. The van der Waals surface area contributed by atoms with E-state index in [1.165, 1.54) is 6.07 Å². The van der Waals surface area contributed by atoms with Crippen molar-refractivity contribution in [3.05, 3.63) is 33.7 Å². The van der Waals surface area contributed by atoms with Gasteiger partial charge in [0.15, 0.2) is 0 Å². The number of hydrogen-bond acceptors (Lipinski definition) is 2. The molecule has 0 amide bonds. The van der Waals surface area contributed by atoms with Crippen LogP contribution >= 0.6 is 0 Å². The summed E-state index contributed by atoms with van der Waals surface area (Å²) in [7, 11) is 0. The Hall–Kier alpha value is -1.09. The van der Waals surface area contributed by atoms with Gasteiger partial charge >= 0.3 is 0 Å². The Balaban J connectivity index is 3.19. The second kappa shape index (κ2) is 2.66. The van der Waals surface area contributed by atoms with E-state index in [9.17, 15) is 4.79 Å². The summed E-state index contributed by atoms with van der Waals surface area (Å²) in [5.41, 5.74) is 1.37. The monoisotopic (exact) mass is 139 g/mol. The van der Waals surface area contributed by atoms with Crippen molar-refractivity contribution in [3.8, 4) is 0 Å². The zero-order chi connectivity index (χ0) is 7.56. The van der Waals surface area contributed by atoms with E-state index in [1.54, 1.807) is 13.0 Å². The molecule has 1 aromatic heterocycles. The van der Waals surface area contributed by atoms with Crippen LogP contribution in [0.15, 0.2) is 16.9 Å². The summed E-state index contributed by atoms with van der Waals surface area (Å²) in [4.78, 5) is 13.2. The summed E-state index contributed by atoms with van der Waals surface area (Å²) >= 11 is 0. The second-order valence-electron chi connectivity index (χ2n) is 2.13. The van der Waals surface area contributed by atoms with Gasteiger partial charge in [-0.2, -0.15) is 0 Å². The zero-order valence-corrected chi connectivity index (χ0v) is 5.72. The van der Waals surface area contributed by atoms with Crippen molar-refractivity contribution in [2.45, 2.75) is 13.5 Å². The lowest BCUT2D eigenvalue weighted by Crippen LogP contribution is -2.07. The number of hydrogen-bond donors (Lipinski definition) is 2. The maximum absolute atomic E-state index is 10.6. The van der Waals surface area contributed by atoms with E-state index in [4.69, 9.17) is 5.11 Å². The van der Waals surface area contributed by atoms with E-state index in [-0.39, 0.29) is 12.2 Å². The van der Waals surface area contributed by atoms with Gasteiger partial charge in [0.05, 0.1) is 6.61 Å². The topological polar surface area (TPSA) is 53.1 Å². The molecule has 1 aromatic rings. The highest BCUT2D eigenvalue weighted by Crippen LogP contribution is 1.99. The van der Waals surface area contributed by atoms with Crippen molar-refractivity contribution in [1.82, 2.24) is 4.98 Å². The van der Waals surface area contributed by atoms with Crippen LogP contribution in [-0.4, -0.2) is 10.1 Å². The molecule has 0 saturated heterocycles. The van der Waals surface area contributed by atoms with Gasteiger partial charge in [-0.05, 0) is 18.6 Å². The van der Waals surface area contributed by atoms with Crippen LogP contribution in [0.5, 0.6) is 0 Å². The van der Waals surface area contributed by atoms with Crippen molar-refractivity contribution in [1.29, 1.82) is 0 Å². The largest absolute Gasteiger partial charge is 0.392 e. The van der Waals surface area contributed by atoms with E-state index in [0.29, 0.717) is 0 Å². The molecule has 1 heterocycles. The molecule has 2 N–H and O–H groups in total. The van der Waals surface area contributed by atoms with Gasteiger partial charge in [-0.3, -0.25) is 4.79 Å². The van der Waals surface area contributed by atoms with Gasteiger partial charge in [-0.15, -0.1) is 0 Å². The van der Waals surface area contributed by atoms with Crippen molar-refractivity contribution in [3.63, 3.8) is 0 Å². The van der Waals surface area contributed by atoms with Gasteiger partial charge in [0, 0.05) is 11.8 Å². The molecular weight excluding hydrogens is 130 g/mol. The van der Waals surface area contributed by atoms with Crippen LogP contribution in [0.2, 0.25) is 0 Å². The number of aliphatic hydroxyl groups excluding tert-OH is 1. The summed E-state index contributed by atoms with van der Waals surface area (Å²) in [6.07, 6.45) is 0. The third kappa shape index (κ3) is 1.25. The Morgan fingerprint density at radius 1 is 1.60 bits per heavy atom. The Morgan fingerprint density at radius 3 is 2.80 bits per heavy atom. The average molecular weight is 139 g/mol. The number of aromatic amines is 1. The maximum Gasteiger partial charge on any atom is 0.248 e. The Labute approximate surface area is 58.3 Å². The minimum absolute atomic E-state index is 0.0252. The number of aromatic nitrogens is 1. The quantitative estimate of drug-likeness (QED) is 0.583. The average Bonchev–Trinajstić information content (AvgIpc) is 1.88. The third-order valence-electron chi connectivity index (χ3n) is 1.40. The highest BCUT2D eigenvalue weighted by atomic mass is 16.3. The molecule has 0 fully saturated rings. The Morgan fingerprint density at radius 2 is 2.30 bits per heavy atom. The molecule has 0 saturated carbocycles. The maximum atomic E-state index is 10.6. The molecule has 0 bridgehead atoms. The number of H-pyrrole nitrogens is 1. The number of nitrogens with one attached hydrogen (secondary N) is 1. The van der Waals surface area contributed by atoms with Crippen LogP contribution in [-0.2, 0) is 6.61 Å². The predicted molar refractivity (Wildman–Crippen MR) is 37.7 cm³/mol. The number of aliphatic hydroxyl groups is 1. The van der Waals surface area contributed by atoms with E-state index < -0.39 is 0 Å². The van der Waals surface area contributed by atoms with Crippen LogP contribution in [0.4, 0.5) is 0 Å². The fourth-order valence-electron chi connectivity index (χ4n) is 0.779. The van der Waals surface area contributed by atoms with Crippen molar-refractivity contribution in [2.75, 3.05) is 0 Å². The van der Waals surface area contributed by atoms with Gasteiger partial charge < -0.3 is 10.1 Å². The molecule has 1 rings (SSSR count). The van der Waals surface area contributed by atoms with E-state index in [1.807, 2.05) is 0 Å². The molecular formula is C7H9NO2. The summed E-state index contributed by atoms with van der Waals surface area (Å²) in [6.45, 7) is 1.73. The summed E-state index contributed by atoms with van der Waals surface area (Å²) < 4.78 is 0. The van der Waals surface area contributed by atoms with Crippen LogP contribution in [0.1, 0.15) is 11.3 Å². The molecule has 0 unspecified atom stereocenters.